The Morgan fingerprint density at radius 3 is 3.13 bits per heavy atom. The predicted octanol–water partition coefficient (Wildman–Crippen LogP) is 2.86. The molecular formula is C10H9N5. The van der Waals surface area contributed by atoms with Gasteiger partial charge in [0.1, 0.15) is 0 Å². The average Bonchev–Trinajstić information content (AvgIpc) is 2.62. The zero-order valence-corrected chi connectivity index (χ0v) is 8.04. The summed E-state index contributed by atoms with van der Waals surface area (Å²) in [5, 5.41) is 3.44. The summed E-state index contributed by atoms with van der Waals surface area (Å²) in [7, 11) is 0. The number of rotatable bonds is 3. The van der Waals surface area contributed by atoms with Gasteiger partial charge in [-0.2, -0.15) is 0 Å². The van der Waals surface area contributed by atoms with Gasteiger partial charge < -0.3 is 4.57 Å². The molecule has 1 aromatic heterocycles. The molecule has 1 heterocycles. The molecular weight excluding hydrogens is 190 g/mol. The molecule has 5 heteroatoms. The molecule has 0 spiro atoms. The Bertz CT molecular complexity index is 548. The van der Waals surface area contributed by atoms with Crippen molar-refractivity contribution in [2.24, 2.45) is 5.11 Å². The third-order valence-electron chi connectivity index (χ3n) is 2.07. The highest BCUT2D eigenvalue weighted by atomic mass is 15.2. The SMILES string of the molecule is C=C(Cn1cnc2ccccc21)N=[N+]=[N-]. The Kier molecular flexibility index (Phi) is 2.39. The molecule has 5 nitrogen and oxygen atoms in total. The van der Waals surface area contributed by atoms with Crippen LogP contribution in [0.15, 0.2) is 48.0 Å². The van der Waals surface area contributed by atoms with Gasteiger partial charge in [0.05, 0.1) is 23.9 Å². The van der Waals surface area contributed by atoms with E-state index in [1.807, 2.05) is 28.8 Å². The Morgan fingerprint density at radius 2 is 2.33 bits per heavy atom. The minimum Gasteiger partial charge on any atom is -0.326 e. The van der Waals surface area contributed by atoms with Crippen LogP contribution in [0.1, 0.15) is 0 Å². The zero-order chi connectivity index (χ0) is 10.7. The second-order valence-corrected chi connectivity index (χ2v) is 3.12. The maximum Gasteiger partial charge on any atom is 0.0961 e. The molecule has 2 aromatic rings. The summed E-state index contributed by atoms with van der Waals surface area (Å²) in [6, 6.07) is 7.77. The molecule has 0 N–H and O–H groups in total. The number of azide groups is 1. The first-order valence-corrected chi connectivity index (χ1v) is 4.44. The molecule has 0 saturated carbocycles. The second kappa shape index (κ2) is 3.86. The molecule has 74 valence electrons. The number of benzene rings is 1. The molecule has 0 bridgehead atoms. The van der Waals surface area contributed by atoms with Gasteiger partial charge in [0.25, 0.3) is 0 Å². The number of nitrogens with zero attached hydrogens (tertiary/aromatic N) is 5. The van der Waals surface area contributed by atoms with Crippen LogP contribution in [-0.2, 0) is 6.54 Å². The summed E-state index contributed by atoms with van der Waals surface area (Å²) >= 11 is 0. The van der Waals surface area contributed by atoms with Gasteiger partial charge in [-0.1, -0.05) is 23.8 Å². The second-order valence-electron chi connectivity index (χ2n) is 3.12. The van der Waals surface area contributed by atoms with E-state index in [2.05, 4.69) is 21.6 Å². The molecule has 0 saturated heterocycles. The fourth-order valence-corrected chi connectivity index (χ4v) is 1.43. The standard InChI is InChI=1S/C10H9N5/c1-8(13-14-11)6-15-7-12-9-4-2-3-5-10(9)15/h2-5,7H,1,6H2. The fraction of sp³-hybridized carbons (Fsp3) is 0.100. The Hall–Kier alpha value is -2.26. The molecule has 0 aliphatic rings. The molecule has 2 rings (SSSR count). The van der Waals surface area contributed by atoms with E-state index in [0.717, 1.165) is 11.0 Å². The number of allylic oxidation sites excluding steroid dienone is 1. The summed E-state index contributed by atoms with van der Waals surface area (Å²) in [5.74, 6) is 0. The lowest BCUT2D eigenvalue weighted by molar-refractivity contribution is 0.800. The third-order valence-corrected chi connectivity index (χ3v) is 2.07. The Labute approximate surface area is 86.3 Å². The average molecular weight is 199 g/mol. The van der Waals surface area contributed by atoms with Crippen LogP contribution in [0.25, 0.3) is 21.5 Å². The summed E-state index contributed by atoms with van der Waals surface area (Å²) in [4.78, 5) is 6.91. The first kappa shape index (κ1) is 9.30. The number of fused-ring (bicyclic) bond motifs is 1. The van der Waals surface area contributed by atoms with E-state index < -0.39 is 0 Å². The fourth-order valence-electron chi connectivity index (χ4n) is 1.43. The number of imidazole rings is 1. The van der Waals surface area contributed by atoms with E-state index in [0.29, 0.717) is 12.2 Å². The van der Waals surface area contributed by atoms with Crippen LogP contribution in [-0.4, -0.2) is 9.55 Å². The van der Waals surface area contributed by atoms with Crippen molar-refractivity contribution in [3.63, 3.8) is 0 Å². The molecule has 0 aliphatic carbocycles. The highest BCUT2D eigenvalue weighted by molar-refractivity contribution is 5.74. The van der Waals surface area contributed by atoms with Gasteiger partial charge in [-0.3, -0.25) is 0 Å². The molecule has 0 unspecified atom stereocenters. The summed E-state index contributed by atoms with van der Waals surface area (Å²) in [6.45, 7) is 4.12. The molecule has 0 atom stereocenters. The lowest BCUT2D eigenvalue weighted by Crippen LogP contribution is -1.96. The van der Waals surface area contributed by atoms with Gasteiger partial charge in [0.15, 0.2) is 0 Å². The lowest BCUT2D eigenvalue weighted by atomic mass is 10.3. The molecule has 0 aliphatic heterocycles. The van der Waals surface area contributed by atoms with E-state index in [1.54, 1.807) is 6.33 Å². The van der Waals surface area contributed by atoms with E-state index in [1.165, 1.54) is 0 Å². The van der Waals surface area contributed by atoms with E-state index in [-0.39, 0.29) is 0 Å². The van der Waals surface area contributed by atoms with Crippen LogP contribution in [0.4, 0.5) is 0 Å². The van der Waals surface area contributed by atoms with Crippen LogP contribution in [0, 0.1) is 0 Å². The summed E-state index contributed by atoms with van der Waals surface area (Å²) in [5.41, 5.74) is 10.7. The topological polar surface area (TPSA) is 66.6 Å². The van der Waals surface area contributed by atoms with Crippen molar-refractivity contribution in [2.45, 2.75) is 6.54 Å². The smallest absolute Gasteiger partial charge is 0.0961 e. The van der Waals surface area contributed by atoms with Crippen LogP contribution in [0.3, 0.4) is 0 Å². The zero-order valence-electron chi connectivity index (χ0n) is 8.04. The minimum atomic E-state index is 0.463. The minimum absolute atomic E-state index is 0.463. The monoisotopic (exact) mass is 199 g/mol. The van der Waals surface area contributed by atoms with Gasteiger partial charge in [0.2, 0.25) is 0 Å². The number of para-hydroxylation sites is 2. The molecule has 15 heavy (non-hydrogen) atoms. The van der Waals surface area contributed by atoms with E-state index in [4.69, 9.17) is 5.53 Å². The first-order valence-electron chi connectivity index (χ1n) is 4.44. The summed E-state index contributed by atoms with van der Waals surface area (Å²) < 4.78 is 1.90. The van der Waals surface area contributed by atoms with Crippen LogP contribution in [0.5, 0.6) is 0 Å². The van der Waals surface area contributed by atoms with Crippen molar-refractivity contribution in [1.82, 2.24) is 9.55 Å². The van der Waals surface area contributed by atoms with Crippen molar-refractivity contribution in [1.29, 1.82) is 0 Å². The van der Waals surface area contributed by atoms with Crippen LogP contribution in [0.2, 0.25) is 0 Å². The normalized spacial score (nSPS) is 9.87. The molecule has 0 fully saturated rings. The predicted molar refractivity (Wildman–Crippen MR) is 58.0 cm³/mol. The van der Waals surface area contributed by atoms with E-state index >= 15 is 0 Å². The highest BCUT2D eigenvalue weighted by Gasteiger charge is 2.01. The van der Waals surface area contributed by atoms with Gasteiger partial charge in [-0.25, -0.2) is 4.98 Å². The van der Waals surface area contributed by atoms with Gasteiger partial charge in [-0.15, -0.1) is 0 Å². The van der Waals surface area contributed by atoms with Crippen molar-refractivity contribution in [3.8, 4) is 0 Å². The van der Waals surface area contributed by atoms with Crippen LogP contribution < -0.4 is 0 Å². The first-order chi connectivity index (χ1) is 7.31. The number of aromatic nitrogens is 2. The van der Waals surface area contributed by atoms with Gasteiger partial charge in [0, 0.05) is 10.6 Å². The van der Waals surface area contributed by atoms with Gasteiger partial charge >= 0.3 is 0 Å². The largest absolute Gasteiger partial charge is 0.326 e. The van der Waals surface area contributed by atoms with E-state index in [9.17, 15) is 0 Å². The van der Waals surface area contributed by atoms with Crippen molar-refractivity contribution in [2.75, 3.05) is 0 Å². The third kappa shape index (κ3) is 1.82. The van der Waals surface area contributed by atoms with Crippen molar-refractivity contribution >= 4 is 11.0 Å². The van der Waals surface area contributed by atoms with Crippen molar-refractivity contribution in [3.05, 3.63) is 53.3 Å². The van der Waals surface area contributed by atoms with Gasteiger partial charge in [-0.05, 0) is 17.7 Å². The Morgan fingerprint density at radius 1 is 1.53 bits per heavy atom. The summed E-state index contributed by atoms with van der Waals surface area (Å²) in [6.07, 6.45) is 1.71. The number of hydrogen-bond donors (Lipinski definition) is 0. The molecule has 0 radical (unpaired) electrons. The van der Waals surface area contributed by atoms with Crippen LogP contribution >= 0.6 is 0 Å². The molecule has 0 amide bonds. The molecule has 1 aromatic carbocycles. The maximum absolute atomic E-state index is 8.25. The quantitative estimate of drug-likeness (QED) is 0.425. The maximum atomic E-state index is 8.25. The number of hydrogen-bond acceptors (Lipinski definition) is 2. The van der Waals surface area contributed by atoms with Crippen molar-refractivity contribution < 1.29 is 0 Å². The Balaban J connectivity index is 2.36. The highest BCUT2D eigenvalue weighted by Crippen LogP contribution is 2.13. The lowest BCUT2D eigenvalue weighted by Gasteiger charge is -2.01.